The van der Waals surface area contributed by atoms with Crippen molar-refractivity contribution < 1.29 is 14.4 Å². The molecule has 1 aliphatic heterocycles. The number of nitrogens with one attached hydrogen (secondary N) is 1. The molecule has 1 aromatic carbocycles. The average molecular weight is 346 g/mol. The van der Waals surface area contributed by atoms with Gasteiger partial charge in [0.2, 0.25) is 5.89 Å². The van der Waals surface area contributed by atoms with Crippen molar-refractivity contribution in [1.29, 1.82) is 0 Å². The Hall–Kier alpha value is -1.96. The second kappa shape index (κ2) is 8.94. The molecule has 0 aliphatic carbocycles. The molecule has 136 valence electrons. The minimum absolute atomic E-state index is 0.287. The van der Waals surface area contributed by atoms with Crippen molar-refractivity contribution in [1.82, 2.24) is 20.4 Å². The maximum Gasteiger partial charge on any atom is 0.223 e. The first kappa shape index (κ1) is 17.8. The van der Waals surface area contributed by atoms with Crippen LogP contribution in [0.3, 0.4) is 0 Å². The first-order chi connectivity index (χ1) is 12.2. The van der Waals surface area contributed by atoms with Gasteiger partial charge >= 0.3 is 0 Å². The van der Waals surface area contributed by atoms with Gasteiger partial charge in [0, 0.05) is 26.1 Å². The zero-order valence-corrected chi connectivity index (χ0v) is 14.6. The first-order valence-electron chi connectivity index (χ1n) is 8.80. The number of aliphatic hydroxyl groups excluding tert-OH is 1. The second-order valence-corrected chi connectivity index (χ2v) is 6.49. The molecule has 25 heavy (non-hydrogen) atoms. The van der Waals surface area contributed by atoms with Crippen LogP contribution in [0.2, 0.25) is 0 Å². The molecular weight excluding hydrogens is 320 g/mol. The van der Waals surface area contributed by atoms with Crippen LogP contribution in [0.1, 0.15) is 24.6 Å². The molecule has 3 rings (SSSR count). The van der Waals surface area contributed by atoms with Crippen molar-refractivity contribution in [2.24, 2.45) is 0 Å². The van der Waals surface area contributed by atoms with Crippen molar-refractivity contribution in [3.63, 3.8) is 0 Å². The highest BCUT2D eigenvalue weighted by Gasteiger charge is 2.21. The molecule has 0 saturated carbocycles. The van der Waals surface area contributed by atoms with Gasteiger partial charge in [-0.3, -0.25) is 4.90 Å². The Morgan fingerprint density at radius 1 is 1.40 bits per heavy atom. The normalized spacial score (nSPS) is 19.7. The van der Waals surface area contributed by atoms with E-state index in [1.165, 1.54) is 0 Å². The summed E-state index contributed by atoms with van der Waals surface area (Å²) >= 11 is 0. The molecule has 1 aliphatic rings. The maximum absolute atomic E-state index is 10.1. The maximum atomic E-state index is 10.1. The molecule has 1 fully saturated rings. The van der Waals surface area contributed by atoms with Crippen molar-refractivity contribution in [2.75, 3.05) is 26.2 Å². The highest BCUT2D eigenvalue weighted by atomic mass is 16.5. The van der Waals surface area contributed by atoms with Gasteiger partial charge in [-0.1, -0.05) is 23.4 Å². The lowest BCUT2D eigenvalue weighted by Crippen LogP contribution is -2.48. The zero-order chi connectivity index (χ0) is 17.5. The van der Waals surface area contributed by atoms with E-state index in [9.17, 15) is 5.11 Å². The molecule has 2 N–H and O–H groups in total. The lowest BCUT2D eigenvalue weighted by atomic mass is 10.1. The third-order valence-electron chi connectivity index (χ3n) is 4.27. The van der Waals surface area contributed by atoms with Gasteiger partial charge in [0.25, 0.3) is 0 Å². The number of nitrogens with zero attached hydrogens (tertiary/aromatic N) is 3. The second-order valence-electron chi connectivity index (χ2n) is 6.49. The van der Waals surface area contributed by atoms with Crippen LogP contribution in [0.25, 0.3) is 0 Å². The summed E-state index contributed by atoms with van der Waals surface area (Å²) in [6.45, 7) is 5.26. The number of likely N-dealkylation sites (tertiary alicyclic amines) is 1. The van der Waals surface area contributed by atoms with E-state index in [1.54, 1.807) is 6.92 Å². The number of benzene rings is 1. The Kier molecular flexibility index (Phi) is 6.38. The third-order valence-corrected chi connectivity index (χ3v) is 4.27. The number of hydrogen-bond donors (Lipinski definition) is 2. The molecule has 7 heteroatoms. The number of para-hydroxylation sites is 1. The number of aromatic nitrogens is 2. The predicted octanol–water partition coefficient (Wildman–Crippen LogP) is 1.37. The van der Waals surface area contributed by atoms with Crippen LogP contribution in [0, 0.1) is 6.92 Å². The van der Waals surface area contributed by atoms with Crippen molar-refractivity contribution in [3.05, 3.63) is 42.0 Å². The summed E-state index contributed by atoms with van der Waals surface area (Å²) in [5, 5.41) is 17.5. The van der Waals surface area contributed by atoms with E-state index in [4.69, 9.17) is 9.26 Å². The largest absolute Gasteiger partial charge is 0.491 e. The third kappa shape index (κ3) is 5.81. The number of aryl methyl sites for hydroxylation is 1. The van der Waals surface area contributed by atoms with Gasteiger partial charge in [-0.05, 0) is 31.5 Å². The molecule has 2 aromatic rings. The number of hydrogen-bond acceptors (Lipinski definition) is 7. The van der Waals surface area contributed by atoms with Crippen LogP contribution in [0.15, 0.2) is 34.9 Å². The molecule has 0 spiro atoms. The Balaban J connectivity index is 1.37. The number of ether oxygens (including phenoxy) is 1. The molecule has 2 heterocycles. The van der Waals surface area contributed by atoms with Gasteiger partial charge in [0.15, 0.2) is 5.82 Å². The van der Waals surface area contributed by atoms with E-state index in [0.717, 1.165) is 37.5 Å². The fourth-order valence-corrected chi connectivity index (χ4v) is 3.04. The molecule has 7 nitrogen and oxygen atoms in total. The van der Waals surface area contributed by atoms with Gasteiger partial charge < -0.3 is 19.7 Å². The molecular formula is C18H26N4O3. The summed E-state index contributed by atoms with van der Waals surface area (Å²) in [6, 6.07) is 9.91. The summed E-state index contributed by atoms with van der Waals surface area (Å²) in [6.07, 6.45) is 1.69. The van der Waals surface area contributed by atoms with E-state index in [2.05, 4.69) is 20.4 Å². The summed E-state index contributed by atoms with van der Waals surface area (Å²) in [4.78, 5) is 6.58. The predicted molar refractivity (Wildman–Crippen MR) is 93.3 cm³/mol. The number of aliphatic hydroxyl groups is 1. The smallest absolute Gasteiger partial charge is 0.223 e. The summed E-state index contributed by atoms with van der Waals surface area (Å²) in [5.41, 5.74) is 0. The van der Waals surface area contributed by atoms with Crippen LogP contribution in [0.4, 0.5) is 0 Å². The quantitative estimate of drug-likeness (QED) is 0.747. The minimum atomic E-state index is -0.532. The highest BCUT2D eigenvalue weighted by Crippen LogP contribution is 2.13. The molecule has 1 saturated heterocycles. The summed E-state index contributed by atoms with van der Waals surface area (Å²) in [7, 11) is 0. The standard InChI is InChI=1S/C18H26N4O3/c1-14-20-18(21-25-14)12-22-9-5-6-15(11-22)19-10-16(23)13-24-17-7-3-2-4-8-17/h2-4,7-8,15-16,19,23H,5-6,9-13H2,1H3. The van der Waals surface area contributed by atoms with E-state index < -0.39 is 6.10 Å². The van der Waals surface area contributed by atoms with Crippen molar-refractivity contribution in [2.45, 2.75) is 38.5 Å². The topological polar surface area (TPSA) is 83.7 Å². The van der Waals surface area contributed by atoms with Gasteiger partial charge in [-0.25, -0.2) is 0 Å². The Morgan fingerprint density at radius 3 is 3.00 bits per heavy atom. The Morgan fingerprint density at radius 2 is 2.24 bits per heavy atom. The van der Waals surface area contributed by atoms with Crippen LogP contribution in [-0.4, -0.2) is 58.5 Å². The lowest BCUT2D eigenvalue weighted by Gasteiger charge is -2.32. The fraction of sp³-hybridized carbons (Fsp3) is 0.556. The zero-order valence-electron chi connectivity index (χ0n) is 14.6. The minimum Gasteiger partial charge on any atom is -0.491 e. The van der Waals surface area contributed by atoms with Gasteiger partial charge in [-0.2, -0.15) is 4.98 Å². The number of piperidine rings is 1. The Bertz CT molecular complexity index is 634. The monoisotopic (exact) mass is 346 g/mol. The van der Waals surface area contributed by atoms with Crippen LogP contribution in [-0.2, 0) is 6.54 Å². The number of rotatable bonds is 8. The molecule has 0 amide bonds. The van der Waals surface area contributed by atoms with Crippen molar-refractivity contribution in [3.8, 4) is 5.75 Å². The lowest BCUT2D eigenvalue weighted by molar-refractivity contribution is 0.0959. The molecule has 2 atom stereocenters. The van der Waals surface area contributed by atoms with E-state index in [-0.39, 0.29) is 6.61 Å². The fourth-order valence-electron chi connectivity index (χ4n) is 3.04. The molecule has 0 bridgehead atoms. The Labute approximate surface area is 148 Å². The highest BCUT2D eigenvalue weighted by molar-refractivity contribution is 5.20. The van der Waals surface area contributed by atoms with Gasteiger partial charge in [-0.15, -0.1) is 0 Å². The first-order valence-corrected chi connectivity index (χ1v) is 8.80. The molecule has 0 radical (unpaired) electrons. The van der Waals surface area contributed by atoms with Crippen molar-refractivity contribution >= 4 is 0 Å². The van der Waals surface area contributed by atoms with Crippen LogP contribution >= 0.6 is 0 Å². The van der Waals surface area contributed by atoms with Gasteiger partial charge in [0.1, 0.15) is 18.5 Å². The molecule has 2 unspecified atom stereocenters. The van der Waals surface area contributed by atoms with E-state index in [1.807, 2.05) is 30.3 Å². The molecule has 1 aromatic heterocycles. The van der Waals surface area contributed by atoms with E-state index >= 15 is 0 Å². The summed E-state index contributed by atoms with van der Waals surface area (Å²) in [5.74, 6) is 2.11. The van der Waals surface area contributed by atoms with Gasteiger partial charge in [0.05, 0.1) is 6.54 Å². The summed E-state index contributed by atoms with van der Waals surface area (Å²) < 4.78 is 10.6. The average Bonchev–Trinajstić information content (AvgIpc) is 3.04. The van der Waals surface area contributed by atoms with Crippen LogP contribution < -0.4 is 10.1 Å². The SMILES string of the molecule is Cc1nc(CN2CCCC(NCC(O)COc3ccccc3)C2)no1. The van der Waals surface area contributed by atoms with E-state index in [0.29, 0.717) is 25.0 Å². The van der Waals surface area contributed by atoms with Crippen LogP contribution in [0.5, 0.6) is 5.75 Å².